The van der Waals surface area contributed by atoms with E-state index in [9.17, 15) is 4.79 Å². The standard InChI is InChI=1S/C26H28N4O2S/c1-3-24-28-25(19-12-14-22(32-2)15-13-19)30(29-24)21-9-6-8-20(18-21)26(31)27-16-5-4-10-23-11-7-17-33-23/h6-9,11-15,17-18H,3-5,10,16H2,1-2H3,(H,27,31). The van der Waals surface area contributed by atoms with Crippen molar-refractivity contribution >= 4 is 17.2 Å². The normalized spacial score (nSPS) is 10.8. The first-order valence-electron chi connectivity index (χ1n) is 11.2. The summed E-state index contributed by atoms with van der Waals surface area (Å²) in [6, 6.07) is 19.5. The van der Waals surface area contributed by atoms with Gasteiger partial charge in [0.15, 0.2) is 11.6 Å². The molecule has 2 heterocycles. The van der Waals surface area contributed by atoms with Crippen LogP contribution in [0.2, 0.25) is 0 Å². The van der Waals surface area contributed by atoms with Crippen LogP contribution in [0.15, 0.2) is 66.0 Å². The van der Waals surface area contributed by atoms with E-state index < -0.39 is 0 Å². The Kier molecular flexibility index (Phi) is 7.52. The van der Waals surface area contributed by atoms with Gasteiger partial charge in [-0.1, -0.05) is 19.1 Å². The Morgan fingerprint density at radius 1 is 1.09 bits per heavy atom. The maximum absolute atomic E-state index is 12.7. The van der Waals surface area contributed by atoms with Crippen LogP contribution >= 0.6 is 11.3 Å². The number of ether oxygens (including phenoxy) is 1. The first-order valence-corrected chi connectivity index (χ1v) is 12.1. The number of rotatable bonds is 10. The van der Waals surface area contributed by atoms with Crippen LogP contribution in [0.4, 0.5) is 0 Å². The molecule has 7 heteroatoms. The Labute approximate surface area is 198 Å². The number of benzene rings is 2. The largest absolute Gasteiger partial charge is 0.497 e. The van der Waals surface area contributed by atoms with E-state index in [1.54, 1.807) is 23.1 Å². The van der Waals surface area contributed by atoms with Gasteiger partial charge in [0, 0.05) is 29.0 Å². The molecule has 2 aromatic heterocycles. The fourth-order valence-electron chi connectivity index (χ4n) is 3.57. The molecule has 33 heavy (non-hydrogen) atoms. The van der Waals surface area contributed by atoms with Gasteiger partial charge >= 0.3 is 0 Å². The van der Waals surface area contributed by atoms with Gasteiger partial charge in [-0.05, 0) is 73.2 Å². The highest BCUT2D eigenvalue weighted by Gasteiger charge is 2.15. The number of methoxy groups -OCH3 is 1. The molecule has 0 fully saturated rings. The van der Waals surface area contributed by atoms with Crippen molar-refractivity contribution in [3.63, 3.8) is 0 Å². The van der Waals surface area contributed by atoms with Gasteiger partial charge in [-0.15, -0.1) is 11.3 Å². The van der Waals surface area contributed by atoms with E-state index in [-0.39, 0.29) is 5.91 Å². The van der Waals surface area contributed by atoms with E-state index in [2.05, 4.69) is 27.9 Å². The van der Waals surface area contributed by atoms with Gasteiger partial charge in [-0.3, -0.25) is 4.79 Å². The highest BCUT2D eigenvalue weighted by Crippen LogP contribution is 2.24. The van der Waals surface area contributed by atoms with Gasteiger partial charge in [0.25, 0.3) is 5.91 Å². The Bertz CT molecular complexity index is 1180. The second-order valence-corrected chi connectivity index (χ2v) is 8.72. The number of thiophene rings is 1. The van der Waals surface area contributed by atoms with Gasteiger partial charge in [0.1, 0.15) is 5.75 Å². The Hall–Kier alpha value is -3.45. The van der Waals surface area contributed by atoms with Crippen LogP contribution < -0.4 is 10.1 Å². The monoisotopic (exact) mass is 460 g/mol. The number of unbranched alkanes of at least 4 members (excludes halogenated alkanes) is 1. The number of carbonyl (C=O) groups excluding carboxylic acids is 1. The molecule has 0 saturated carbocycles. The Morgan fingerprint density at radius 2 is 1.94 bits per heavy atom. The van der Waals surface area contributed by atoms with Gasteiger partial charge in [-0.25, -0.2) is 9.67 Å². The number of hydrogen-bond acceptors (Lipinski definition) is 5. The number of aromatic nitrogens is 3. The predicted octanol–water partition coefficient (Wildman–Crippen LogP) is 5.32. The highest BCUT2D eigenvalue weighted by molar-refractivity contribution is 7.09. The molecule has 0 atom stereocenters. The van der Waals surface area contributed by atoms with Crippen LogP contribution in [-0.2, 0) is 12.8 Å². The Balaban J connectivity index is 1.46. The van der Waals surface area contributed by atoms with Gasteiger partial charge < -0.3 is 10.1 Å². The fourth-order valence-corrected chi connectivity index (χ4v) is 4.32. The van der Waals surface area contributed by atoms with E-state index in [4.69, 9.17) is 9.72 Å². The van der Waals surface area contributed by atoms with Crippen molar-refractivity contribution in [2.75, 3.05) is 13.7 Å². The van der Waals surface area contributed by atoms with E-state index in [0.717, 1.165) is 54.3 Å². The first-order chi connectivity index (χ1) is 16.2. The van der Waals surface area contributed by atoms with Crippen molar-refractivity contribution in [2.45, 2.75) is 32.6 Å². The van der Waals surface area contributed by atoms with Gasteiger partial charge in [0.2, 0.25) is 0 Å². The number of aryl methyl sites for hydroxylation is 2. The summed E-state index contributed by atoms with van der Waals surface area (Å²) in [5.41, 5.74) is 2.35. The second-order valence-electron chi connectivity index (χ2n) is 7.69. The third-order valence-electron chi connectivity index (χ3n) is 5.38. The molecule has 4 rings (SSSR count). The summed E-state index contributed by atoms with van der Waals surface area (Å²) in [6.45, 7) is 2.69. The molecule has 0 unspecified atom stereocenters. The van der Waals surface area contributed by atoms with Crippen LogP contribution in [0.5, 0.6) is 5.75 Å². The van der Waals surface area contributed by atoms with E-state index in [1.165, 1.54) is 4.88 Å². The zero-order chi connectivity index (χ0) is 23.0. The molecule has 1 N–H and O–H groups in total. The lowest BCUT2D eigenvalue weighted by Gasteiger charge is -2.09. The molecule has 0 aliphatic rings. The lowest BCUT2D eigenvalue weighted by molar-refractivity contribution is 0.0953. The van der Waals surface area contributed by atoms with E-state index in [1.807, 2.05) is 55.5 Å². The van der Waals surface area contributed by atoms with E-state index >= 15 is 0 Å². The first kappa shape index (κ1) is 22.7. The lowest BCUT2D eigenvalue weighted by Crippen LogP contribution is -2.24. The summed E-state index contributed by atoms with van der Waals surface area (Å²) >= 11 is 1.78. The van der Waals surface area contributed by atoms with E-state index in [0.29, 0.717) is 12.1 Å². The smallest absolute Gasteiger partial charge is 0.251 e. The van der Waals surface area contributed by atoms with Crippen LogP contribution in [0, 0.1) is 0 Å². The van der Waals surface area contributed by atoms with Crippen molar-refractivity contribution in [1.29, 1.82) is 0 Å². The average molecular weight is 461 g/mol. The van der Waals surface area contributed by atoms with Gasteiger partial charge in [0.05, 0.1) is 12.8 Å². The third-order valence-corrected chi connectivity index (χ3v) is 6.32. The van der Waals surface area contributed by atoms with Crippen molar-refractivity contribution in [1.82, 2.24) is 20.1 Å². The summed E-state index contributed by atoms with van der Waals surface area (Å²) < 4.78 is 7.07. The highest BCUT2D eigenvalue weighted by atomic mass is 32.1. The minimum absolute atomic E-state index is 0.0743. The quantitative estimate of drug-likeness (QED) is 0.325. The minimum atomic E-state index is -0.0743. The molecular formula is C26H28N4O2S. The second kappa shape index (κ2) is 10.9. The number of carbonyl (C=O) groups is 1. The summed E-state index contributed by atoms with van der Waals surface area (Å²) in [5, 5.41) is 9.81. The number of nitrogens with zero attached hydrogens (tertiary/aromatic N) is 3. The zero-order valence-corrected chi connectivity index (χ0v) is 19.8. The molecule has 6 nitrogen and oxygen atoms in total. The molecule has 0 spiro atoms. The fraction of sp³-hybridized carbons (Fsp3) is 0.269. The van der Waals surface area contributed by atoms with Crippen molar-refractivity contribution in [2.24, 2.45) is 0 Å². The molecule has 0 radical (unpaired) electrons. The molecule has 0 aliphatic heterocycles. The summed E-state index contributed by atoms with van der Waals surface area (Å²) in [5.74, 6) is 2.20. The van der Waals surface area contributed by atoms with Crippen LogP contribution in [0.1, 0.15) is 40.8 Å². The molecule has 170 valence electrons. The molecule has 4 aromatic rings. The molecule has 2 aromatic carbocycles. The van der Waals surface area contributed by atoms with Crippen molar-refractivity contribution < 1.29 is 9.53 Å². The van der Waals surface area contributed by atoms with Gasteiger partial charge in [-0.2, -0.15) is 5.10 Å². The number of hydrogen-bond donors (Lipinski definition) is 1. The molecule has 0 aliphatic carbocycles. The predicted molar refractivity (Wildman–Crippen MR) is 132 cm³/mol. The van der Waals surface area contributed by atoms with Crippen LogP contribution in [-0.4, -0.2) is 34.3 Å². The lowest BCUT2D eigenvalue weighted by atomic mass is 10.1. The average Bonchev–Trinajstić information content (AvgIpc) is 3.54. The number of amides is 1. The summed E-state index contributed by atoms with van der Waals surface area (Å²) in [6.07, 6.45) is 3.80. The van der Waals surface area contributed by atoms with Crippen LogP contribution in [0.3, 0.4) is 0 Å². The maximum atomic E-state index is 12.7. The van der Waals surface area contributed by atoms with Crippen LogP contribution in [0.25, 0.3) is 17.1 Å². The zero-order valence-electron chi connectivity index (χ0n) is 19.0. The SMILES string of the molecule is CCc1nc(-c2ccc(OC)cc2)n(-c2cccc(C(=O)NCCCCc3cccs3)c2)n1. The molecule has 0 saturated heterocycles. The number of nitrogens with one attached hydrogen (secondary N) is 1. The van der Waals surface area contributed by atoms with Crippen molar-refractivity contribution in [3.8, 4) is 22.8 Å². The summed E-state index contributed by atoms with van der Waals surface area (Å²) in [7, 11) is 1.65. The minimum Gasteiger partial charge on any atom is -0.497 e. The molecular weight excluding hydrogens is 432 g/mol. The Morgan fingerprint density at radius 3 is 2.67 bits per heavy atom. The molecule has 1 amide bonds. The summed E-state index contributed by atoms with van der Waals surface area (Å²) in [4.78, 5) is 18.8. The molecule has 0 bridgehead atoms. The van der Waals surface area contributed by atoms with Crippen molar-refractivity contribution in [3.05, 3.63) is 82.3 Å². The third kappa shape index (κ3) is 5.68. The topological polar surface area (TPSA) is 69.0 Å². The maximum Gasteiger partial charge on any atom is 0.251 e.